The van der Waals surface area contributed by atoms with Crippen LogP contribution in [-0.2, 0) is 9.59 Å². The Kier molecular flexibility index (Phi) is 510. The minimum Gasteiger partial charge on any atom is -0.222 e. The van der Waals surface area contributed by atoms with Gasteiger partial charge in [-0.2, -0.15) is 0 Å². The van der Waals surface area contributed by atoms with Crippen molar-refractivity contribution in [2.24, 2.45) is 0 Å². The van der Waals surface area contributed by atoms with Gasteiger partial charge in [-0.15, -0.1) is 0 Å². The molecule has 4 nitrogen and oxygen atoms in total. The number of nitrogens with one attached hydrogen (secondary N) is 2. The van der Waals surface area contributed by atoms with Crippen LogP contribution in [0.2, 0.25) is 0 Å². The lowest BCUT2D eigenvalue weighted by atomic mass is 10.2. The molecular weight excluding hydrogens is 288 g/mol. The molecule has 0 heterocycles. The van der Waals surface area contributed by atoms with Crippen LogP contribution in [0.25, 0.3) is 0 Å². The van der Waals surface area contributed by atoms with E-state index in [2.05, 4.69) is 19.1 Å². The van der Waals surface area contributed by atoms with E-state index < -0.39 is 0 Å². The first-order chi connectivity index (χ1) is 6.22. The van der Waals surface area contributed by atoms with E-state index in [-0.39, 0.29) is 74.3 Å². The minimum absolute atomic E-state index is 0. The first kappa shape index (κ1) is 104. The summed E-state index contributed by atoms with van der Waals surface area (Å²) in [6.45, 7) is 2.08. The van der Waals surface area contributed by atoms with Crippen LogP contribution in [-0.4, -0.2) is 12.2 Å². The molecule has 0 atom stereocenters. The van der Waals surface area contributed by atoms with E-state index in [1.165, 1.54) is 5.56 Å². The molecule has 0 amide bonds. The monoisotopic (exact) mass is 338 g/mol. The third-order valence-electron chi connectivity index (χ3n) is 0.940. The molecule has 0 unspecified atom stereocenters. The number of isocyanates is 2. The molecule has 148 valence electrons. The Morgan fingerprint density at radius 1 is 0.609 bits per heavy atom. The van der Waals surface area contributed by atoms with Crippen LogP contribution in [0.4, 0.5) is 0 Å². The summed E-state index contributed by atoms with van der Waals surface area (Å²) in [5, 5.41) is 10.8. The SMILES string of the molecule is C.C.C.C.C.C.C.C.C.C.Cc1ccccc1.N=C=O.N=C=O. The van der Waals surface area contributed by atoms with Gasteiger partial charge in [0.05, 0.1) is 0 Å². The Hall–Kier alpha value is -2.02. The molecule has 0 saturated carbocycles. The maximum atomic E-state index is 8.35. The van der Waals surface area contributed by atoms with E-state index in [4.69, 9.17) is 20.4 Å². The topological polar surface area (TPSA) is 81.8 Å². The summed E-state index contributed by atoms with van der Waals surface area (Å²) in [6.07, 6.45) is 1.50. The zero-order valence-corrected chi connectivity index (χ0v) is 7.20. The Labute approximate surface area is 150 Å². The number of aryl methyl sites for hydroxylation is 1. The van der Waals surface area contributed by atoms with E-state index in [0.717, 1.165) is 12.2 Å². The second-order valence-corrected chi connectivity index (χ2v) is 1.86. The van der Waals surface area contributed by atoms with Crippen LogP contribution < -0.4 is 0 Å². The van der Waals surface area contributed by atoms with Crippen LogP contribution in [0, 0.1) is 17.7 Å². The van der Waals surface area contributed by atoms with Crippen molar-refractivity contribution in [1.82, 2.24) is 0 Å². The smallest absolute Gasteiger partial charge is 0.222 e. The summed E-state index contributed by atoms with van der Waals surface area (Å²) in [5.41, 5.74) is 1.32. The third-order valence-corrected chi connectivity index (χ3v) is 0.940. The van der Waals surface area contributed by atoms with Crippen molar-refractivity contribution >= 4 is 12.2 Å². The Morgan fingerprint density at radius 2 is 0.783 bits per heavy atom. The number of hydrogen-bond donors (Lipinski definition) is 2. The van der Waals surface area contributed by atoms with Crippen molar-refractivity contribution in [1.29, 1.82) is 10.8 Å². The predicted molar refractivity (Wildman–Crippen MR) is 115 cm³/mol. The zero-order chi connectivity index (χ0) is 10.5. The molecule has 0 aromatic heterocycles. The Morgan fingerprint density at radius 3 is 0.870 bits per heavy atom. The van der Waals surface area contributed by atoms with Crippen molar-refractivity contribution < 1.29 is 9.59 Å². The van der Waals surface area contributed by atoms with Crippen molar-refractivity contribution in [2.75, 3.05) is 0 Å². The molecule has 4 heteroatoms. The van der Waals surface area contributed by atoms with Gasteiger partial charge in [-0.1, -0.05) is 110 Å². The first-order valence-corrected chi connectivity index (χ1v) is 3.32. The van der Waals surface area contributed by atoms with E-state index in [0.29, 0.717) is 0 Å². The number of rotatable bonds is 0. The standard InChI is InChI=1S/C7H8.2CHNO.10CH4/c1-7-5-3-2-4-6-7;2*2-1-3;;;;;;;;;;/h2-6H,1H3;2*2H;10*1H4. The summed E-state index contributed by atoms with van der Waals surface area (Å²) in [7, 11) is 0. The number of benzene rings is 1. The van der Waals surface area contributed by atoms with Crippen molar-refractivity contribution in [2.45, 2.75) is 81.2 Å². The molecule has 0 aliphatic heterocycles. The highest BCUT2D eigenvalue weighted by atomic mass is 16.1. The van der Waals surface area contributed by atoms with Gasteiger partial charge in [-0.05, 0) is 6.92 Å². The van der Waals surface area contributed by atoms with Crippen molar-refractivity contribution in [3.05, 3.63) is 35.9 Å². The van der Waals surface area contributed by atoms with Gasteiger partial charge in [-0.3, -0.25) is 0 Å². The highest BCUT2D eigenvalue weighted by molar-refractivity contribution is 5.26. The van der Waals surface area contributed by atoms with Gasteiger partial charge >= 0.3 is 0 Å². The molecule has 0 fully saturated rings. The third kappa shape index (κ3) is 181. The molecule has 0 bridgehead atoms. The fourth-order valence-electron chi connectivity index (χ4n) is 0.534. The molecule has 2 N–H and O–H groups in total. The molecule has 1 aromatic carbocycles. The molecule has 0 radical (unpaired) electrons. The molecule has 23 heavy (non-hydrogen) atoms. The first-order valence-electron chi connectivity index (χ1n) is 3.32. The minimum atomic E-state index is 0. The Bertz CT molecular complexity index is 263. The van der Waals surface area contributed by atoms with Crippen LogP contribution in [0.5, 0.6) is 0 Å². The van der Waals surface area contributed by atoms with Gasteiger partial charge in [0.15, 0.2) is 0 Å². The predicted octanol–water partition coefficient (Wildman–Crippen LogP) is 8.16. The summed E-state index contributed by atoms with van der Waals surface area (Å²) >= 11 is 0. The molecule has 0 aliphatic rings. The summed E-state index contributed by atoms with van der Waals surface area (Å²) < 4.78 is 0. The van der Waals surface area contributed by atoms with E-state index in [9.17, 15) is 0 Å². The fourth-order valence-corrected chi connectivity index (χ4v) is 0.534. The molecule has 1 aromatic rings. The van der Waals surface area contributed by atoms with Crippen LogP contribution in [0.3, 0.4) is 0 Å². The average Bonchev–Trinajstić information content (AvgIpc) is 2.08. The lowest BCUT2D eigenvalue weighted by molar-refractivity contribution is 0.562. The molecule has 0 aliphatic carbocycles. The zero-order valence-electron chi connectivity index (χ0n) is 7.20. The quantitative estimate of drug-likeness (QED) is 0.369. The second kappa shape index (κ2) is 113. The summed E-state index contributed by atoms with van der Waals surface area (Å²) in [5.74, 6) is 0. The lowest BCUT2D eigenvalue weighted by Gasteiger charge is -1.82. The molecule has 0 saturated heterocycles. The lowest BCUT2D eigenvalue weighted by Crippen LogP contribution is -1.62. The average molecular weight is 339 g/mol. The van der Waals surface area contributed by atoms with Gasteiger partial charge in [0, 0.05) is 0 Å². The summed E-state index contributed by atoms with van der Waals surface area (Å²) in [4.78, 5) is 16.7. The summed E-state index contributed by atoms with van der Waals surface area (Å²) in [6, 6.07) is 10.3. The fraction of sp³-hybridized carbons (Fsp3) is 0.579. The second-order valence-electron chi connectivity index (χ2n) is 1.86. The van der Waals surface area contributed by atoms with Crippen LogP contribution in [0.1, 0.15) is 79.8 Å². The van der Waals surface area contributed by atoms with Crippen LogP contribution >= 0.6 is 0 Å². The van der Waals surface area contributed by atoms with Crippen LogP contribution in [0.15, 0.2) is 30.3 Å². The van der Waals surface area contributed by atoms with Gasteiger partial charge in [0.2, 0.25) is 12.2 Å². The van der Waals surface area contributed by atoms with Gasteiger partial charge in [0.1, 0.15) is 0 Å². The normalized spacial score (nSPS) is 3.35. The van der Waals surface area contributed by atoms with Gasteiger partial charge < -0.3 is 0 Å². The number of hydrogen-bond acceptors (Lipinski definition) is 4. The Balaban J connectivity index is -0.00000000701. The maximum absolute atomic E-state index is 8.35. The largest absolute Gasteiger partial charge is 0.231 e. The van der Waals surface area contributed by atoms with Gasteiger partial charge in [0.25, 0.3) is 0 Å². The molecule has 0 spiro atoms. The highest BCUT2D eigenvalue weighted by Gasteiger charge is 1.72. The maximum Gasteiger partial charge on any atom is 0.231 e. The van der Waals surface area contributed by atoms with E-state index in [1.54, 1.807) is 0 Å². The van der Waals surface area contributed by atoms with Gasteiger partial charge in [-0.25, -0.2) is 20.4 Å². The van der Waals surface area contributed by atoms with Crippen molar-refractivity contribution in [3.8, 4) is 0 Å². The molecule has 1 rings (SSSR count). The van der Waals surface area contributed by atoms with E-state index in [1.807, 2.05) is 18.2 Å². The number of carbonyl (C=O) groups excluding carboxylic acids is 2. The van der Waals surface area contributed by atoms with E-state index >= 15 is 0 Å². The van der Waals surface area contributed by atoms with Crippen molar-refractivity contribution in [3.63, 3.8) is 0 Å². The molecular formula is C19H50N2O2. The highest BCUT2D eigenvalue weighted by Crippen LogP contribution is 1.92.